The first kappa shape index (κ1) is 10.9. The summed E-state index contributed by atoms with van der Waals surface area (Å²) in [7, 11) is 2.05. The molecule has 0 aliphatic carbocycles. The Labute approximate surface area is 91.6 Å². The first-order valence-electron chi connectivity index (χ1n) is 5.99. The maximum Gasteiger partial charge on any atom is 0.241 e. The number of rotatable bonds is 1. The minimum absolute atomic E-state index is 0.0665. The lowest BCUT2D eigenvalue weighted by atomic mass is 10.1. The lowest BCUT2D eigenvalue weighted by Gasteiger charge is -2.37. The van der Waals surface area contributed by atoms with Gasteiger partial charge in [-0.1, -0.05) is 0 Å². The second-order valence-electron chi connectivity index (χ2n) is 4.59. The van der Waals surface area contributed by atoms with Gasteiger partial charge in [0.2, 0.25) is 5.91 Å². The summed E-state index contributed by atoms with van der Waals surface area (Å²) < 4.78 is 0. The minimum Gasteiger partial charge on any atom is -0.341 e. The van der Waals surface area contributed by atoms with Gasteiger partial charge in [-0.2, -0.15) is 0 Å². The molecule has 2 saturated heterocycles. The summed E-state index contributed by atoms with van der Waals surface area (Å²) in [5.41, 5.74) is 0. The van der Waals surface area contributed by atoms with Gasteiger partial charge in [-0.25, -0.2) is 0 Å². The first-order chi connectivity index (χ1) is 7.29. The highest BCUT2D eigenvalue weighted by Crippen LogP contribution is 2.12. The highest BCUT2D eigenvalue weighted by atomic mass is 16.2. The van der Waals surface area contributed by atoms with Crippen LogP contribution in [0.3, 0.4) is 0 Å². The number of nitrogens with one attached hydrogen (secondary N) is 1. The fourth-order valence-electron chi connectivity index (χ4n) is 2.41. The van der Waals surface area contributed by atoms with Crippen LogP contribution in [-0.4, -0.2) is 61.5 Å². The van der Waals surface area contributed by atoms with E-state index in [0.29, 0.717) is 5.91 Å². The molecule has 1 N–H and O–H groups in total. The van der Waals surface area contributed by atoms with E-state index in [4.69, 9.17) is 0 Å². The van der Waals surface area contributed by atoms with Crippen molar-refractivity contribution in [1.82, 2.24) is 15.1 Å². The van der Waals surface area contributed by atoms with Crippen LogP contribution in [0, 0.1) is 0 Å². The normalized spacial score (nSPS) is 29.1. The zero-order valence-corrected chi connectivity index (χ0v) is 9.54. The van der Waals surface area contributed by atoms with Gasteiger partial charge in [0, 0.05) is 32.7 Å². The standard InChI is InChI=1S/C11H21N3O/c1-13-8-5-12-9-10(13)11(15)14-6-3-2-4-7-14/h10,12H,2-9H2,1H3. The highest BCUT2D eigenvalue weighted by Gasteiger charge is 2.29. The minimum atomic E-state index is 0.0665. The fourth-order valence-corrected chi connectivity index (χ4v) is 2.41. The van der Waals surface area contributed by atoms with Gasteiger partial charge in [0.25, 0.3) is 0 Å². The molecule has 4 heteroatoms. The molecular formula is C11H21N3O. The number of amides is 1. The van der Waals surface area contributed by atoms with Crippen LogP contribution in [-0.2, 0) is 4.79 Å². The topological polar surface area (TPSA) is 35.6 Å². The van der Waals surface area contributed by atoms with Crippen LogP contribution in [0.4, 0.5) is 0 Å². The van der Waals surface area contributed by atoms with Gasteiger partial charge in [0.15, 0.2) is 0 Å². The van der Waals surface area contributed by atoms with Gasteiger partial charge in [0.1, 0.15) is 6.04 Å². The summed E-state index contributed by atoms with van der Waals surface area (Å²) in [4.78, 5) is 16.4. The SMILES string of the molecule is CN1CCNCC1C(=O)N1CCCCC1. The first-order valence-corrected chi connectivity index (χ1v) is 5.99. The van der Waals surface area contributed by atoms with E-state index in [1.165, 1.54) is 19.3 Å². The van der Waals surface area contributed by atoms with E-state index in [0.717, 1.165) is 32.7 Å². The molecule has 2 rings (SSSR count). The van der Waals surface area contributed by atoms with Crippen molar-refractivity contribution < 1.29 is 4.79 Å². The van der Waals surface area contributed by atoms with Gasteiger partial charge in [0.05, 0.1) is 0 Å². The van der Waals surface area contributed by atoms with E-state index in [1.54, 1.807) is 0 Å². The molecule has 2 fully saturated rings. The van der Waals surface area contributed by atoms with Crippen LogP contribution < -0.4 is 5.32 Å². The number of piperazine rings is 1. The Morgan fingerprint density at radius 1 is 1.20 bits per heavy atom. The largest absolute Gasteiger partial charge is 0.341 e. The molecule has 2 aliphatic heterocycles. The van der Waals surface area contributed by atoms with E-state index >= 15 is 0 Å². The van der Waals surface area contributed by atoms with Crippen molar-refractivity contribution in [2.24, 2.45) is 0 Å². The number of carbonyl (C=O) groups is 1. The highest BCUT2D eigenvalue weighted by molar-refractivity contribution is 5.82. The molecule has 1 unspecified atom stereocenters. The third kappa shape index (κ3) is 2.49. The number of hydrogen-bond acceptors (Lipinski definition) is 3. The number of likely N-dealkylation sites (N-methyl/N-ethyl adjacent to an activating group) is 1. The predicted octanol–water partition coefficient (Wildman–Crippen LogP) is -0.0975. The summed E-state index contributed by atoms with van der Waals surface area (Å²) in [5, 5.41) is 3.30. The Morgan fingerprint density at radius 3 is 2.60 bits per heavy atom. The van der Waals surface area contributed by atoms with Crippen LogP contribution in [0.5, 0.6) is 0 Å². The molecule has 86 valence electrons. The molecule has 2 heterocycles. The molecule has 1 amide bonds. The molecule has 0 bridgehead atoms. The van der Waals surface area contributed by atoms with Crippen molar-refractivity contribution in [2.75, 3.05) is 39.8 Å². The molecule has 0 aromatic carbocycles. The van der Waals surface area contributed by atoms with Crippen LogP contribution in [0.1, 0.15) is 19.3 Å². The van der Waals surface area contributed by atoms with Gasteiger partial charge < -0.3 is 10.2 Å². The number of hydrogen-bond donors (Lipinski definition) is 1. The van der Waals surface area contributed by atoms with E-state index in [9.17, 15) is 4.79 Å². The molecule has 15 heavy (non-hydrogen) atoms. The smallest absolute Gasteiger partial charge is 0.241 e. The molecule has 1 atom stereocenters. The van der Waals surface area contributed by atoms with Crippen LogP contribution in [0.25, 0.3) is 0 Å². The zero-order valence-electron chi connectivity index (χ0n) is 9.54. The van der Waals surface area contributed by atoms with Crippen molar-refractivity contribution in [1.29, 1.82) is 0 Å². The second-order valence-corrected chi connectivity index (χ2v) is 4.59. The molecule has 2 aliphatic rings. The summed E-state index contributed by atoms with van der Waals surface area (Å²) in [6.07, 6.45) is 3.63. The number of likely N-dealkylation sites (tertiary alicyclic amines) is 1. The van der Waals surface area contributed by atoms with Crippen molar-refractivity contribution in [3.63, 3.8) is 0 Å². The van der Waals surface area contributed by atoms with Crippen molar-refractivity contribution >= 4 is 5.91 Å². The number of piperidine rings is 1. The Morgan fingerprint density at radius 2 is 1.93 bits per heavy atom. The Balaban J connectivity index is 1.92. The summed E-state index contributed by atoms with van der Waals surface area (Å²) in [6, 6.07) is 0.0665. The maximum absolute atomic E-state index is 12.2. The second kappa shape index (κ2) is 4.94. The quantitative estimate of drug-likeness (QED) is 0.658. The van der Waals surface area contributed by atoms with Crippen LogP contribution in [0.15, 0.2) is 0 Å². The Hall–Kier alpha value is -0.610. The lowest BCUT2D eigenvalue weighted by molar-refractivity contribution is -0.138. The fraction of sp³-hybridized carbons (Fsp3) is 0.909. The van der Waals surface area contributed by atoms with Crippen LogP contribution >= 0.6 is 0 Å². The van der Waals surface area contributed by atoms with Gasteiger partial charge in [-0.15, -0.1) is 0 Å². The summed E-state index contributed by atoms with van der Waals surface area (Å²) >= 11 is 0. The van der Waals surface area contributed by atoms with Gasteiger partial charge in [-0.05, 0) is 26.3 Å². The van der Waals surface area contributed by atoms with Crippen molar-refractivity contribution in [2.45, 2.75) is 25.3 Å². The van der Waals surface area contributed by atoms with E-state index in [1.807, 2.05) is 11.9 Å². The molecule has 4 nitrogen and oxygen atoms in total. The average Bonchev–Trinajstić information content (AvgIpc) is 2.30. The third-order valence-electron chi connectivity index (χ3n) is 3.46. The monoisotopic (exact) mass is 211 g/mol. The molecular weight excluding hydrogens is 190 g/mol. The number of carbonyl (C=O) groups excluding carboxylic acids is 1. The summed E-state index contributed by atoms with van der Waals surface area (Å²) in [6.45, 7) is 4.71. The van der Waals surface area contributed by atoms with Gasteiger partial charge >= 0.3 is 0 Å². The van der Waals surface area contributed by atoms with E-state index in [-0.39, 0.29) is 6.04 Å². The summed E-state index contributed by atoms with van der Waals surface area (Å²) in [5.74, 6) is 0.324. The number of nitrogens with zero attached hydrogens (tertiary/aromatic N) is 2. The van der Waals surface area contributed by atoms with E-state index < -0.39 is 0 Å². The molecule has 0 aromatic rings. The third-order valence-corrected chi connectivity index (χ3v) is 3.46. The molecule has 0 saturated carbocycles. The van der Waals surface area contributed by atoms with Gasteiger partial charge in [-0.3, -0.25) is 9.69 Å². The predicted molar refractivity (Wildman–Crippen MR) is 59.7 cm³/mol. The van der Waals surface area contributed by atoms with Crippen LogP contribution in [0.2, 0.25) is 0 Å². The van der Waals surface area contributed by atoms with E-state index in [2.05, 4.69) is 10.2 Å². The molecule has 0 spiro atoms. The Kier molecular flexibility index (Phi) is 3.59. The average molecular weight is 211 g/mol. The Bertz CT molecular complexity index is 226. The van der Waals surface area contributed by atoms with Crippen molar-refractivity contribution in [3.05, 3.63) is 0 Å². The molecule has 0 radical (unpaired) electrons. The molecule has 0 aromatic heterocycles. The maximum atomic E-state index is 12.2. The van der Waals surface area contributed by atoms with Crippen molar-refractivity contribution in [3.8, 4) is 0 Å². The lowest BCUT2D eigenvalue weighted by Crippen LogP contribution is -2.57. The zero-order chi connectivity index (χ0) is 10.7.